The Morgan fingerprint density at radius 3 is 1.92 bits per heavy atom. The van der Waals surface area contributed by atoms with Crippen molar-refractivity contribution in [1.29, 1.82) is 0 Å². The highest BCUT2D eigenvalue weighted by molar-refractivity contribution is 7.87. The minimum Gasteiger partial charge on any atom is -0.505 e. The summed E-state index contributed by atoms with van der Waals surface area (Å²) in [4.78, 5) is 8.94. The van der Waals surface area contributed by atoms with E-state index < -0.39 is 100 Å². The van der Waals surface area contributed by atoms with E-state index >= 15 is 0 Å². The second kappa shape index (κ2) is 17.9. The van der Waals surface area contributed by atoms with E-state index in [4.69, 9.17) is 19.2 Å². The zero-order valence-electron chi connectivity index (χ0n) is 32.5. The maximum atomic E-state index is 13.3. The first-order valence-corrected chi connectivity index (χ1v) is 22.6. The number of aryl methyl sites for hydroxylation is 1. The van der Waals surface area contributed by atoms with Gasteiger partial charge < -0.3 is 15.6 Å². The van der Waals surface area contributed by atoms with Crippen LogP contribution in [0, 0.1) is 17.0 Å². The van der Waals surface area contributed by atoms with Crippen LogP contribution in [0.15, 0.2) is 112 Å². The van der Waals surface area contributed by atoms with Crippen LogP contribution in [0.3, 0.4) is 0 Å². The summed E-state index contributed by atoms with van der Waals surface area (Å²) in [7, 11) is -14.4. The first kappa shape index (κ1) is 46.7. The van der Waals surface area contributed by atoms with E-state index in [1.54, 1.807) is 6.92 Å². The summed E-state index contributed by atoms with van der Waals surface area (Å²) in [6.45, 7) is 1.55. The van der Waals surface area contributed by atoms with Gasteiger partial charge in [0.15, 0.2) is 11.4 Å². The number of aromatic hydroxyl groups is 1. The van der Waals surface area contributed by atoms with Crippen LogP contribution in [0.5, 0.6) is 11.5 Å². The van der Waals surface area contributed by atoms with Gasteiger partial charge >= 0.3 is 0 Å². The number of rotatable bonds is 16. The van der Waals surface area contributed by atoms with Crippen molar-refractivity contribution >= 4 is 96.7 Å². The molecule has 0 aliphatic carbocycles. The number of nitrogens with zero attached hydrogens (tertiary/aromatic N) is 7. The number of hydrogen-bond acceptors (Lipinski definition) is 22. The number of azo groups is 3. The van der Waals surface area contributed by atoms with E-state index in [1.807, 2.05) is 0 Å². The van der Waals surface area contributed by atoms with Crippen molar-refractivity contribution in [3.63, 3.8) is 0 Å². The van der Waals surface area contributed by atoms with Gasteiger partial charge in [0.05, 0.1) is 60.7 Å². The molecule has 0 bridgehead atoms. The minimum absolute atomic E-state index is 0.00175. The maximum absolute atomic E-state index is 13.3. The smallest absolute Gasteiger partial charge is 0.299 e. The van der Waals surface area contributed by atoms with E-state index in [1.165, 1.54) is 43.5 Å². The zero-order valence-corrected chi connectivity index (χ0v) is 35.8. The molecule has 0 fully saturated rings. The van der Waals surface area contributed by atoms with Gasteiger partial charge in [0.25, 0.3) is 46.2 Å². The Balaban J connectivity index is 1.66. The number of hydrogen-bond donors (Lipinski definition) is 3. The Hall–Kier alpha value is -6.40. The standard InChI is InChI=1S/C34H32N8O16S4/c1-18-11-25(28(55-2)15-24(18)38-37-23-10-9-19(17-59(46,47)48)12-27(23)42(44)45)39-40-26-16-29(61(51,52)57-4)22-14-30(62(53,54)58-5)33(34(43)31(22)32(26)35)41-36-20-7-6-8-21(13-20)60(49,50)56-3/h6-16,43H,17,35H2,1-5H3,(H,46,47,48). The highest BCUT2D eigenvalue weighted by atomic mass is 32.2. The fourth-order valence-corrected chi connectivity index (χ4v) is 8.48. The number of ether oxygens (including phenoxy) is 1. The summed E-state index contributed by atoms with van der Waals surface area (Å²) in [5, 5.41) is 46.3. The number of benzene rings is 5. The van der Waals surface area contributed by atoms with Crippen molar-refractivity contribution in [2.45, 2.75) is 27.4 Å². The lowest BCUT2D eigenvalue weighted by Crippen LogP contribution is -2.07. The van der Waals surface area contributed by atoms with Gasteiger partial charge in [-0.15, -0.1) is 25.6 Å². The summed E-state index contributed by atoms with van der Waals surface area (Å²) in [5.41, 5.74) is 4.19. The lowest BCUT2D eigenvalue weighted by molar-refractivity contribution is -0.384. The van der Waals surface area contributed by atoms with Gasteiger partial charge in [-0.2, -0.15) is 38.8 Å². The third-order valence-electron chi connectivity index (χ3n) is 8.50. The number of nitro benzene ring substituents is 1. The molecule has 5 rings (SSSR count). The summed E-state index contributed by atoms with van der Waals surface area (Å²) >= 11 is 0. The monoisotopic (exact) mass is 936 g/mol. The third-order valence-corrected chi connectivity index (χ3v) is 13.1. The van der Waals surface area contributed by atoms with Crippen molar-refractivity contribution in [2.24, 2.45) is 30.7 Å². The largest absolute Gasteiger partial charge is 0.505 e. The first-order chi connectivity index (χ1) is 29.0. The molecule has 24 nitrogen and oxygen atoms in total. The predicted molar refractivity (Wildman–Crippen MR) is 218 cm³/mol. The Morgan fingerprint density at radius 1 is 0.694 bits per heavy atom. The molecule has 0 saturated heterocycles. The molecular weight excluding hydrogens is 905 g/mol. The molecule has 0 atom stereocenters. The van der Waals surface area contributed by atoms with Crippen LogP contribution in [-0.4, -0.2) is 76.7 Å². The number of anilines is 1. The second-order valence-corrected chi connectivity index (χ2v) is 18.9. The summed E-state index contributed by atoms with van der Waals surface area (Å²) in [6.07, 6.45) is 0. The van der Waals surface area contributed by atoms with Crippen molar-refractivity contribution in [2.75, 3.05) is 34.2 Å². The van der Waals surface area contributed by atoms with E-state index in [0.29, 0.717) is 5.56 Å². The van der Waals surface area contributed by atoms with Crippen molar-refractivity contribution < 1.29 is 65.5 Å². The molecule has 0 aliphatic heterocycles. The van der Waals surface area contributed by atoms with Gasteiger partial charge in [-0.3, -0.25) is 27.2 Å². The molecule has 0 unspecified atom stereocenters. The molecule has 0 radical (unpaired) electrons. The number of phenolic OH excluding ortho intramolecular Hbond substituents is 1. The van der Waals surface area contributed by atoms with Crippen LogP contribution in [-0.2, 0) is 58.8 Å². The molecule has 5 aromatic rings. The van der Waals surface area contributed by atoms with E-state index in [9.17, 15) is 48.9 Å². The molecule has 328 valence electrons. The molecule has 0 aliphatic rings. The van der Waals surface area contributed by atoms with Gasteiger partial charge in [-0.05, 0) is 60.5 Å². The lowest BCUT2D eigenvalue weighted by Gasteiger charge is -2.16. The second-order valence-electron chi connectivity index (χ2n) is 12.4. The van der Waals surface area contributed by atoms with Crippen LogP contribution in [0.2, 0.25) is 0 Å². The van der Waals surface area contributed by atoms with Crippen LogP contribution in [0.4, 0.5) is 45.5 Å². The topological polar surface area (TPSA) is 357 Å². The molecule has 28 heteroatoms. The zero-order chi connectivity index (χ0) is 45.9. The van der Waals surface area contributed by atoms with Gasteiger partial charge in [0, 0.05) is 17.5 Å². The minimum atomic E-state index is -4.80. The molecule has 0 saturated carbocycles. The van der Waals surface area contributed by atoms with E-state index in [2.05, 4.69) is 39.1 Å². The summed E-state index contributed by atoms with van der Waals surface area (Å²) < 4.78 is 128. The Kier molecular flexibility index (Phi) is 13.5. The first-order valence-electron chi connectivity index (χ1n) is 16.8. The molecule has 0 spiro atoms. The van der Waals surface area contributed by atoms with Crippen LogP contribution < -0.4 is 10.5 Å². The number of nitrogens with two attached hydrogens (primary N) is 1. The molecule has 0 heterocycles. The predicted octanol–water partition coefficient (Wildman–Crippen LogP) is 6.99. The normalized spacial score (nSPS) is 12.9. The highest BCUT2D eigenvalue weighted by Crippen LogP contribution is 2.49. The molecule has 62 heavy (non-hydrogen) atoms. The number of methoxy groups -OCH3 is 1. The SMILES string of the molecule is COc1cc(N=Nc2ccc(CS(=O)(=O)O)cc2[N+](=O)[O-])c(C)cc1N=Nc1cc(S(=O)(=O)OC)c2cc(S(=O)(=O)OC)c(N=Nc3cccc(S(=O)(=O)OC)c3)c(O)c2c1N. The van der Waals surface area contributed by atoms with Crippen LogP contribution in [0.25, 0.3) is 10.8 Å². The van der Waals surface area contributed by atoms with Crippen LogP contribution >= 0.6 is 0 Å². The van der Waals surface area contributed by atoms with Crippen molar-refractivity contribution in [3.05, 3.63) is 88.0 Å². The fourth-order valence-electron chi connectivity index (χ4n) is 5.50. The molecular formula is C34H32N8O16S4. The van der Waals surface area contributed by atoms with Crippen molar-refractivity contribution in [3.8, 4) is 11.5 Å². The number of nitro groups is 1. The number of fused-ring (bicyclic) bond motifs is 1. The summed E-state index contributed by atoms with van der Waals surface area (Å²) in [6, 6.07) is 12.5. The molecule has 5 aromatic carbocycles. The number of nitrogen functional groups attached to an aromatic ring is 1. The van der Waals surface area contributed by atoms with E-state index in [-0.39, 0.29) is 39.0 Å². The van der Waals surface area contributed by atoms with Gasteiger partial charge in [-0.25, -0.2) is 0 Å². The Labute approximate surface area is 352 Å². The quantitative estimate of drug-likeness (QED) is 0.0224. The molecule has 0 amide bonds. The Morgan fingerprint density at radius 2 is 1.31 bits per heavy atom. The lowest BCUT2D eigenvalue weighted by atomic mass is 10.0. The Bertz CT molecular complexity index is 3200. The fraction of sp³-hybridized carbons (Fsp3) is 0.176. The summed E-state index contributed by atoms with van der Waals surface area (Å²) in [5.74, 6) is -1.90. The van der Waals surface area contributed by atoms with Gasteiger partial charge in [0.2, 0.25) is 0 Å². The highest BCUT2D eigenvalue weighted by Gasteiger charge is 2.30. The van der Waals surface area contributed by atoms with E-state index in [0.717, 1.165) is 51.7 Å². The van der Waals surface area contributed by atoms with Crippen molar-refractivity contribution in [1.82, 2.24) is 0 Å². The van der Waals surface area contributed by atoms with Crippen LogP contribution in [0.1, 0.15) is 11.1 Å². The number of phenols is 1. The average molecular weight is 937 g/mol. The van der Waals surface area contributed by atoms with Gasteiger partial charge in [0.1, 0.15) is 38.4 Å². The van der Waals surface area contributed by atoms with Gasteiger partial charge in [-0.1, -0.05) is 12.1 Å². The average Bonchev–Trinajstić information content (AvgIpc) is 3.22. The molecule has 0 aromatic heterocycles. The maximum Gasteiger partial charge on any atom is 0.299 e. The molecule has 4 N–H and O–H groups in total. The third kappa shape index (κ3) is 10.0.